The predicted octanol–water partition coefficient (Wildman–Crippen LogP) is 22.1. The van der Waals surface area contributed by atoms with E-state index >= 15 is 0 Å². The summed E-state index contributed by atoms with van der Waals surface area (Å²) in [5.74, 6) is -1.52. The van der Waals surface area contributed by atoms with E-state index in [0.29, 0.717) is 26.2 Å². The van der Waals surface area contributed by atoms with Crippen LogP contribution >= 0.6 is 0 Å². The molecule has 474 valence electrons. The van der Waals surface area contributed by atoms with Crippen molar-refractivity contribution in [1.29, 1.82) is 0 Å². The molecule has 4 amide bonds. The van der Waals surface area contributed by atoms with Gasteiger partial charge in [0, 0.05) is 26.2 Å². The molecule has 0 radical (unpaired) electrons. The van der Waals surface area contributed by atoms with E-state index in [0.717, 1.165) is 89.9 Å². The average Bonchev–Trinajstić information content (AvgIpc) is 3.66. The molecular formula is C74H134N4O4. The van der Waals surface area contributed by atoms with Gasteiger partial charge in [0.15, 0.2) is 0 Å². The second-order valence-electron chi connectivity index (χ2n) is 24.6. The Balaban J connectivity index is 2.99. The largest absolute Gasteiger partial charge is 0.352 e. The summed E-state index contributed by atoms with van der Waals surface area (Å²) < 4.78 is 0. The molecule has 0 saturated carbocycles. The molecule has 8 heteroatoms. The lowest BCUT2D eigenvalue weighted by Gasteiger charge is -2.17. The highest BCUT2D eigenvalue weighted by Gasteiger charge is 2.26. The van der Waals surface area contributed by atoms with Crippen molar-refractivity contribution in [2.24, 2.45) is 0 Å². The third-order valence-electron chi connectivity index (χ3n) is 16.7. The first kappa shape index (κ1) is 76.6. The molecule has 0 saturated heterocycles. The molecule has 0 aromatic heterocycles. The van der Waals surface area contributed by atoms with Gasteiger partial charge in [-0.15, -0.1) is 0 Å². The van der Waals surface area contributed by atoms with Crippen LogP contribution in [0.1, 0.15) is 403 Å². The summed E-state index contributed by atoms with van der Waals surface area (Å²) in [6.07, 6.45) is 73.1. The van der Waals surface area contributed by atoms with Crippen LogP contribution in [-0.2, 0) is 0 Å². The number of rotatable bonds is 62. The maximum Gasteiger partial charge on any atom is 0.252 e. The zero-order valence-electron chi connectivity index (χ0n) is 54.7. The van der Waals surface area contributed by atoms with Gasteiger partial charge in [0.2, 0.25) is 0 Å². The number of nitrogens with one attached hydrogen (secondary N) is 4. The van der Waals surface area contributed by atoms with Gasteiger partial charge in [-0.25, -0.2) is 0 Å². The fraction of sp³-hybridized carbons (Fsp3) is 0.811. The maximum absolute atomic E-state index is 14.2. The van der Waals surface area contributed by atoms with E-state index in [4.69, 9.17) is 0 Å². The Morgan fingerprint density at radius 1 is 0.232 bits per heavy atom. The number of hydrogen-bond acceptors (Lipinski definition) is 4. The van der Waals surface area contributed by atoms with E-state index in [1.165, 1.54) is 256 Å². The first-order chi connectivity index (χ1) is 40.4. The number of benzene rings is 1. The van der Waals surface area contributed by atoms with Gasteiger partial charge in [0.1, 0.15) is 0 Å². The predicted molar refractivity (Wildman–Crippen MR) is 357 cm³/mol. The van der Waals surface area contributed by atoms with Gasteiger partial charge >= 0.3 is 0 Å². The molecule has 0 atom stereocenters. The zero-order valence-corrected chi connectivity index (χ0v) is 54.7. The second kappa shape index (κ2) is 60.7. The van der Waals surface area contributed by atoms with Gasteiger partial charge in [-0.2, -0.15) is 0 Å². The highest BCUT2D eigenvalue weighted by Crippen LogP contribution is 2.21. The summed E-state index contributed by atoms with van der Waals surface area (Å²) in [6, 6.07) is 3.04. The number of amides is 4. The lowest BCUT2D eigenvalue weighted by Crippen LogP contribution is -2.34. The lowest BCUT2D eigenvalue weighted by atomic mass is 9.95. The quantitative estimate of drug-likeness (QED) is 0.0384. The molecule has 1 aromatic rings. The van der Waals surface area contributed by atoms with E-state index < -0.39 is 0 Å². The molecule has 1 rings (SSSR count). The third kappa shape index (κ3) is 46.9. The fourth-order valence-electron chi connectivity index (χ4n) is 11.2. The van der Waals surface area contributed by atoms with Crippen LogP contribution in [0, 0.1) is 0 Å². The van der Waals surface area contributed by atoms with Crippen molar-refractivity contribution >= 4 is 23.6 Å². The molecular weight excluding hydrogens is 1010 g/mol. The maximum atomic E-state index is 14.2. The Labute approximate surface area is 508 Å². The van der Waals surface area contributed by atoms with Crippen LogP contribution in [0.3, 0.4) is 0 Å². The lowest BCUT2D eigenvalue weighted by molar-refractivity contribution is 0.0907. The number of unbranched alkanes of at least 4 members (excludes halogenated alkanes) is 46. The fourth-order valence-corrected chi connectivity index (χ4v) is 11.2. The number of allylic oxidation sites excluding steroid dienone is 4. The average molecular weight is 1140 g/mol. The molecule has 0 fully saturated rings. The molecule has 0 heterocycles. The van der Waals surface area contributed by atoms with E-state index in [9.17, 15) is 19.2 Å². The van der Waals surface area contributed by atoms with Crippen LogP contribution in [0.4, 0.5) is 0 Å². The summed E-state index contributed by atoms with van der Waals surface area (Å²) in [5.41, 5.74) is 0.601. The van der Waals surface area contributed by atoms with Crippen molar-refractivity contribution in [1.82, 2.24) is 21.3 Å². The number of carbonyl (C=O) groups is 4. The summed E-state index contributed by atoms with van der Waals surface area (Å²) >= 11 is 0. The van der Waals surface area contributed by atoms with Crippen LogP contribution in [0.15, 0.2) is 36.4 Å². The monoisotopic (exact) mass is 1140 g/mol. The minimum absolute atomic E-state index is 0.150. The molecule has 0 aliphatic rings. The van der Waals surface area contributed by atoms with Crippen molar-refractivity contribution in [2.45, 2.75) is 362 Å². The third-order valence-corrected chi connectivity index (χ3v) is 16.7. The highest BCUT2D eigenvalue weighted by atomic mass is 16.2. The van der Waals surface area contributed by atoms with Gasteiger partial charge < -0.3 is 21.3 Å². The van der Waals surface area contributed by atoms with Gasteiger partial charge in [-0.05, 0) is 89.2 Å². The Bertz CT molecular complexity index is 1570. The number of carbonyl (C=O) groups excluding carboxylic acids is 4. The summed E-state index contributed by atoms with van der Waals surface area (Å²) in [5, 5.41) is 12.4. The van der Waals surface area contributed by atoms with Crippen molar-refractivity contribution in [2.75, 3.05) is 26.2 Å². The standard InChI is InChI=1S/C74H134N4O4/c1-5-9-13-17-21-25-29-33-35-37-39-43-47-51-55-59-63-77-73(81)69-65-68(72(80)76-62-58-54-50-46-42-32-28-24-20-16-12-8-4)70(66-67(69)71(79)75-61-57-53-49-45-41-31-27-23-19-15-11-7-3)74(82)78-64-60-56-52-48-44-40-38-36-34-30-26-22-18-14-10-6-2/h33-36,65-66H,5-32,37-64H2,1-4H3,(H,75,79)(H,76,80)(H,77,81)(H,78,82)/b35-33-,36-34-. The zero-order chi connectivity index (χ0) is 59.3. The van der Waals surface area contributed by atoms with E-state index in [-0.39, 0.29) is 45.9 Å². The smallest absolute Gasteiger partial charge is 0.252 e. The van der Waals surface area contributed by atoms with Crippen LogP contribution < -0.4 is 21.3 Å². The van der Waals surface area contributed by atoms with Gasteiger partial charge in [0.25, 0.3) is 23.6 Å². The van der Waals surface area contributed by atoms with E-state index in [1.54, 1.807) is 0 Å². The Morgan fingerprint density at radius 2 is 0.378 bits per heavy atom. The Kier molecular flexibility index (Phi) is 56.7. The summed E-state index contributed by atoms with van der Waals surface area (Å²) in [4.78, 5) is 56.7. The first-order valence-corrected chi connectivity index (χ1v) is 36.0. The van der Waals surface area contributed by atoms with Gasteiger partial charge in [-0.3, -0.25) is 19.2 Å². The molecule has 0 unspecified atom stereocenters. The van der Waals surface area contributed by atoms with Crippen LogP contribution in [0.2, 0.25) is 0 Å². The van der Waals surface area contributed by atoms with Crippen molar-refractivity contribution in [3.63, 3.8) is 0 Å². The minimum Gasteiger partial charge on any atom is -0.352 e. The summed E-state index contributed by atoms with van der Waals surface area (Å²) in [6.45, 7) is 11.0. The first-order valence-electron chi connectivity index (χ1n) is 36.0. The van der Waals surface area contributed by atoms with E-state index in [2.05, 4.69) is 73.3 Å². The molecule has 0 aliphatic carbocycles. The topological polar surface area (TPSA) is 116 Å². The van der Waals surface area contributed by atoms with E-state index in [1.807, 2.05) is 0 Å². The second-order valence-corrected chi connectivity index (χ2v) is 24.6. The van der Waals surface area contributed by atoms with Crippen molar-refractivity contribution in [3.05, 3.63) is 58.7 Å². The molecule has 1 aromatic carbocycles. The van der Waals surface area contributed by atoms with Gasteiger partial charge in [-0.1, -0.05) is 309 Å². The highest BCUT2D eigenvalue weighted by molar-refractivity contribution is 6.14. The normalized spacial score (nSPS) is 11.6. The molecule has 82 heavy (non-hydrogen) atoms. The van der Waals surface area contributed by atoms with Crippen LogP contribution in [0.5, 0.6) is 0 Å². The molecule has 0 aliphatic heterocycles. The molecule has 8 nitrogen and oxygen atoms in total. The minimum atomic E-state index is -0.380. The van der Waals surface area contributed by atoms with Gasteiger partial charge in [0.05, 0.1) is 22.3 Å². The van der Waals surface area contributed by atoms with Crippen molar-refractivity contribution < 1.29 is 19.2 Å². The SMILES string of the molecule is CCCCCCCC/C=C\CCCCCCCCNC(=O)c1cc(C(=O)NCCCCCCCCCCCCCC)c(C(=O)NCCCCCCCC/C=C\CCCCCCCC)cc1C(=O)NCCCCCCCCCCCCCC. The molecule has 0 spiro atoms. The van der Waals surface area contributed by atoms with Crippen molar-refractivity contribution in [3.8, 4) is 0 Å². The number of hydrogen-bond donors (Lipinski definition) is 4. The molecule has 0 bridgehead atoms. The molecule has 4 N–H and O–H groups in total. The Hall–Kier alpha value is -3.42. The van der Waals surface area contributed by atoms with Crippen LogP contribution in [0.25, 0.3) is 0 Å². The Morgan fingerprint density at radius 3 is 0.549 bits per heavy atom. The summed E-state index contributed by atoms with van der Waals surface area (Å²) in [7, 11) is 0. The van der Waals surface area contributed by atoms with Crippen LogP contribution in [-0.4, -0.2) is 49.8 Å².